The Morgan fingerprint density at radius 2 is 1.88 bits per heavy atom. The first kappa shape index (κ1) is 13.8. The number of fused-ring (bicyclic) bond motifs is 2. The third-order valence-electron chi connectivity index (χ3n) is 4.59. The third-order valence-corrected chi connectivity index (χ3v) is 4.59. The summed E-state index contributed by atoms with van der Waals surface area (Å²) in [4.78, 5) is 8.88. The predicted octanol–water partition coefficient (Wildman–Crippen LogP) is 3.95. The van der Waals surface area contributed by atoms with Crippen LogP contribution in [0, 0.1) is 0 Å². The number of nitrogens with two attached hydrogens (primary N) is 1. The van der Waals surface area contributed by atoms with Crippen LogP contribution in [0.5, 0.6) is 5.88 Å². The number of benzene rings is 1. The van der Waals surface area contributed by atoms with E-state index < -0.39 is 0 Å². The maximum atomic E-state index is 10.6. The Kier molecular flexibility index (Phi) is 2.73. The van der Waals surface area contributed by atoms with Crippen molar-refractivity contribution in [1.29, 1.82) is 0 Å². The first-order valence-electron chi connectivity index (χ1n) is 7.95. The van der Waals surface area contributed by atoms with E-state index in [1.807, 2.05) is 54.8 Å². The Hall–Kier alpha value is -3.60. The van der Waals surface area contributed by atoms with Gasteiger partial charge < -0.3 is 10.8 Å². The lowest BCUT2D eigenvalue weighted by Gasteiger charge is -2.10. The molecule has 3 N–H and O–H groups in total. The number of rotatable bonds is 2. The fourth-order valence-electron chi connectivity index (χ4n) is 3.27. The topological polar surface area (TPSA) is 77.0 Å². The van der Waals surface area contributed by atoms with Crippen molar-refractivity contribution >= 4 is 33.2 Å². The van der Waals surface area contributed by atoms with Crippen molar-refractivity contribution in [2.75, 3.05) is 5.73 Å². The number of nitrogens with zero attached hydrogens (tertiary/aromatic N) is 3. The van der Waals surface area contributed by atoms with Crippen molar-refractivity contribution < 1.29 is 5.11 Å². The van der Waals surface area contributed by atoms with Crippen molar-refractivity contribution in [2.45, 2.75) is 0 Å². The fourth-order valence-corrected chi connectivity index (χ4v) is 3.27. The van der Waals surface area contributed by atoms with Crippen molar-refractivity contribution in [3.05, 3.63) is 67.2 Å². The van der Waals surface area contributed by atoms with Crippen molar-refractivity contribution in [3.8, 4) is 17.0 Å². The van der Waals surface area contributed by atoms with E-state index in [9.17, 15) is 5.11 Å². The van der Waals surface area contributed by atoms with Crippen LogP contribution < -0.4 is 5.73 Å². The van der Waals surface area contributed by atoms with Gasteiger partial charge in [0.05, 0.1) is 22.1 Å². The fraction of sp³-hybridized carbons (Fsp3) is 0. The van der Waals surface area contributed by atoms with Gasteiger partial charge >= 0.3 is 0 Å². The van der Waals surface area contributed by atoms with Crippen LogP contribution in [0.25, 0.3) is 38.6 Å². The number of para-hydroxylation sites is 1. The Bertz CT molecular complexity index is 1200. The van der Waals surface area contributed by atoms with E-state index in [1.165, 1.54) is 0 Å². The molecule has 0 spiro atoms. The minimum atomic E-state index is 0.117. The zero-order valence-electron chi connectivity index (χ0n) is 13.2. The summed E-state index contributed by atoms with van der Waals surface area (Å²) < 4.78 is 1.71. The zero-order chi connectivity index (χ0) is 17.0. The Morgan fingerprint density at radius 3 is 2.60 bits per heavy atom. The van der Waals surface area contributed by atoms with E-state index >= 15 is 0 Å². The molecule has 0 fully saturated rings. The summed E-state index contributed by atoms with van der Waals surface area (Å²) in [7, 11) is 0. The number of anilines is 1. The molecule has 0 bridgehead atoms. The maximum Gasteiger partial charge on any atom is 0.207 e. The van der Waals surface area contributed by atoms with E-state index in [-0.39, 0.29) is 5.88 Å². The first-order chi connectivity index (χ1) is 12.2. The van der Waals surface area contributed by atoms with Crippen LogP contribution in [-0.2, 0) is 0 Å². The molecule has 0 amide bonds. The molecule has 4 aromatic rings. The van der Waals surface area contributed by atoms with Crippen molar-refractivity contribution in [2.24, 2.45) is 0 Å². The van der Waals surface area contributed by atoms with Gasteiger partial charge in [-0.2, -0.15) is 0 Å². The summed E-state index contributed by atoms with van der Waals surface area (Å²) in [5, 5.41) is 12.0. The summed E-state index contributed by atoms with van der Waals surface area (Å²) in [6, 6.07) is 9.80. The summed E-state index contributed by atoms with van der Waals surface area (Å²) in [5.41, 5.74) is 11.4. The van der Waals surface area contributed by atoms with Crippen molar-refractivity contribution in [1.82, 2.24) is 14.5 Å². The SMILES string of the molecule is Nc1c2cccc(-c3ccncc3)c2nc2cn(C3=CC=C3)c(O)c12. The predicted molar refractivity (Wildman–Crippen MR) is 100.0 cm³/mol. The van der Waals surface area contributed by atoms with Crippen LogP contribution in [0.1, 0.15) is 0 Å². The number of allylic oxidation sites excluding steroid dienone is 4. The van der Waals surface area contributed by atoms with E-state index in [0.29, 0.717) is 16.6 Å². The van der Waals surface area contributed by atoms with E-state index in [0.717, 1.165) is 27.7 Å². The minimum Gasteiger partial charge on any atom is -0.494 e. The molecule has 5 nitrogen and oxygen atoms in total. The lowest BCUT2D eigenvalue weighted by molar-refractivity contribution is 0.450. The van der Waals surface area contributed by atoms with Gasteiger partial charge in [-0.3, -0.25) is 9.55 Å². The summed E-state index contributed by atoms with van der Waals surface area (Å²) in [5.74, 6) is 0.117. The molecule has 3 aromatic heterocycles. The zero-order valence-corrected chi connectivity index (χ0v) is 13.2. The minimum absolute atomic E-state index is 0.117. The molecule has 0 saturated heterocycles. The van der Waals surface area contributed by atoms with E-state index in [2.05, 4.69) is 4.98 Å². The molecular weight excluding hydrogens is 312 g/mol. The van der Waals surface area contributed by atoms with Crippen LogP contribution >= 0.6 is 0 Å². The average molecular weight is 326 g/mol. The normalized spacial score (nSPS) is 13.2. The third kappa shape index (κ3) is 1.89. The second-order valence-corrected chi connectivity index (χ2v) is 6.00. The van der Waals surface area contributed by atoms with E-state index in [1.54, 1.807) is 17.0 Å². The molecule has 0 radical (unpaired) electrons. The molecular formula is C20H14N4O. The molecule has 5 heteroatoms. The number of hydrogen-bond donors (Lipinski definition) is 2. The number of aromatic nitrogens is 3. The second kappa shape index (κ2) is 4.95. The van der Waals surface area contributed by atoms with Crippen LogP contribution in [0.2, 0.25) is 0 Å². The standard InChI is InChI=1S/C20H14N4O/c21-18-15-6-2-5-14(12-7-9-22-10-8-12)19(15)23-16-11-24(13-3-1-4-13)20(25)17(16)18/h1-11,25H,21H2. The smallest absolute Gasteiger partial charge is 0.207 e. The highest BCUT2D eigenvalue weighted by molar-refractivity contribution is 6.12. The Balaban J connectivity index is 1.86. The molecule has 5 rings (SSSR count). The molecule has 3 heterocycles. The maximum absolute atomic E-state index is 10.6. The van der Waals surface area contributed by atoms with Gasteiger partial charge in [-0.15, -0.1) is 0 Å². The largest absolute Gasteiger partial charge is 0.494 e. The van der Waals surface area contributed by atoms with Gasteiger partial charge in [-0.25, -0.2) is 4.98 Å². The van der Waals surface area contributed by atoms with Gasteiger partial charge in [0, 0.05) is 35.2 Å². The van der Waals surface area contributed by atoms with Crippen molar-refractivity contribution in [3.63, 3.8) is 0 Å². The van der Waals surface area contributed by atoms with Crippen LogP contribution in [-0.4, -0.2) is 19.6 Å². The molecule has 0 atom stereocenters. The first-order valence-corrected chi connectivity index (χ1v) is 7.95. The lowest BCUT2D eigenvalue weighted by atomic mass is 10.0. The van der Waals surface area contributed by atoms with Crippen LogP contribution in [0.4, 0.5) is 5.69 Å². The molecule has 0 unspecified atom stereocenters. The molecule has 1 aliphatic carbocycles. The average Bonchev–Trinajstić information content (AvgIpc) is 2.91. The molecule has 120 valence electrons. The van der Waals surface area contributed by atoms with Gasteiger partial charge in [-0.05, 0) is 29.8 Å². The number of hydrogen-bond acceptors (Lipinski definition) is 4. The van der Waals surface area contributed by atoms with Gasteiger partial charge in [0.25, 0.3) is 0 Å². The Morgan fingerprint density at radius 1 is 1.08 bits per heavy atom. The monoisotopic (exact) mass is 326 g/mol. The van der Waals surface area contributed by atoms with Crippen LogP contribution in [0.3, 0.4) is 0 Å². The highest BCUT2D eigenvalue weighted by atomic mass is 16.3. The summed E-state index contributed by atoms with van der Waals surface area (Å²) >= 11 is 0. The van der Waals surface area contributed by atoms with Gasteiger partial charge in [0.15, 0.2) is 0 Å². The molecule has 25 heavy (non-hydrogen) atoms. The number of pyridine rings is 2. The van der Waals surface area contributed by atoms with Crippen LogP contribution in [0.15, 0.2) is 67.2 Å². The Labute approximate surface area is 143 Å². The second-order valence-electron chi connectivity index (χ2n) is 6.00. The van der Waals surface area contributed by atoms with Gasteiger partial charge in [-0.1, -0.05) is 24.3 Å². The summed E-state index contributed by atoms with van der Waals surface area (Å²) in [6.45, 7) is 0. The van der Waals surface area contributed by atoms with Gasteiger partial charge in [0.2, 0.25) is 5.88 Å². The molecule has 1 aliphatic rings. The quantitative estimate of drug-likeness (QED) is 0.585. The molecule has 0 aliphatic heterocycles. The number of nitrogen functional groups attached to an aromatic ring is 1. The molecule has 1 aromatic carbocycles. The van der Waals surface area contributed by atoms with Gasteiger partial charge in [0.1, 0.15) is 0 Å². The lowest BCUT2D eigenvalue weighted by Crippen LogP contribution is -1.95. The summed E-state index contributed by atoms with van der Waals surface area (Å²) in [6.07, 6.45) is 11.1. The van der Waals surface area contributed by atoms with E-state index in [4.69, 9.17) is 10.7 Å². The number of aromatic hydroxyl groups is 1. The molecule has 0 saturated carbocycles. The highest BCUT2D eigenvalue weighted by Gasteiger charge is 2.19. The highest BCUT2D eigenvalue weighted by Crippen LogP contribution is 2.40.